The van der Waals surface area contributed by atoms with Crippen LogP contribution in [0.5, 0.6) is 0 Å². The Kier molecular flexibility index (Phi) is 7.07. The number of carbonyl (C=O) groups is 1. The van der Waals surface area contributed by atoms with Crippen LogP contribution in [-0.2, 0) is 22.4 Å². The van der Waals surface area contributed by atoms with E-state index in [9.17, 15) is 4.79 Å². The van der Waals surface area contributed by atoms with E-state index in [1.54, 1.807) is 6.92 Å². The number of rotatable bonds is 9. The van der Waals surface area contributed by atoms with E-state index in [4.69, 9.17) is 14.8 Å². The van der Waals surface area contributed by atoms with E-state index in [-0.39, 0.29) is 6.10 Å². The highest BCUT2D eigenvalue weighted by molar-refractivity contribution is 5.72. The summed E-state index contributed by atoms with van der Waals surface area (Å²) in [5.41, 5.74) is 2.50. The van der Waals surface area contributed by atoms with Crippen LogP contribution in [0.25, 0.3) is 0 Å². The maximum Gasteiger partial charge on any atom is 0.320 e. The molecule has 0 radical (unpaired) electrons. The van der Waals surface area contributed by atoms with Crippen molar-refractivity contribution in [1.82, 2.24) is 9.88 Å². The van der Waals surface area contributed by atoms with E-state index >= 15 is 0 Å². The largest absolute Gasteiger partial charge is 0.480 e. The molecule has 1 aromatic heterocycles. The molecule has 150 valence electrons. The number of hydrogen-bond donors (Lipinski definition) is 2. The first kappa shape index (κ1) is 20.1. The standard InChI is InChI=1S/C21H33N3O3/c1-15(21(25)26)24(2)18-10-11-19(14-18)27-13-4-3-7-17-9-8-16-6-5-12-22-20(16)23-17/h8-9,15,18-19H,3-7,10-14H2,1-2H3,(H,22,23)(H,25,26)/t15?,18-,19?/m0/s1. The molecule has 2 unspecified atom stereocenters. The summed E-state index contributed by atoms with van der Waals surface area (Å²) in [4.78, 5) is 17.9. The number of fused-ring (bicyclic) bond motifs is 1. The molecule has 3 rings (SSSR count). The van der Waals surface area contributed by atoms with Gasteiger partial charge in [0.1, 0.15) is 11.9 Å². The Labute approximate surface area is 162 Å². The summed E-state index contributed by atoms with van der Waals surface area (Å²) < 4.78 is 6.05. The van der Waals surface area contributed by atoms with Crippen LogP contribution in [0.15, 0.2) is 12.1 Å². The summed E-state index contributed by atoms with van der Waals surface area (Å²) in [5, 5.41) is 12.5. The number of nitrogens with one attached hydrogen (secondary N) is 1. The van der Waals surface area contributed by atoms with Gasteiger partial charge >= 0.3 is 5.97 Å². The van der Waals surface area contributed by atoms with E-state index < -0.39 is 12.0 Å². The zero-order valence-electron chi connectivity index (χ0n) is 16.6. The Hall–Kier alpha value is -1.66. The predicted molar refractivity (Wildman–Crippen MR) is 106 cm³/mol. The molecule has 0 bridgehead atoms. The fourth-order valence-corrected chi connectivity index (χ4v) is 4.10. The molecular weight excluding hydrogens is 342 g/mol. The Morgan fingerprint density at radius 2 is 2.26 bits per heavy atom. The molecule has 0 amide bonds. The van der Waals surface area contributed by atoms with Crippen LogP contribution in [0.4, 0.5) is 5.82 Å². The van der Waals surface area contributed by atoms with Gasteiger partial charge in [-0.25, -0.2) is 4.98 Å². The van der Waals surface area contributed by atoms with Gasteiger partial charge < -0.3 is 15.2 Å². The molecule has 6 nitrogen and oxygen atoms in total. The Morgan fingerprint density at radius 1 is 1.41 bits per heavy atom. The first-order valence-electron chi connectivity index (χ1n) is 10.3. The van der Waals surface area contributed by atoms with Crippen molar-refractivity contribution in [3.8, 4) is 0 Å². The van der Waals surface area contributed by atoms with Crippen molar-refractivity contribution in [2.75, 3.05) is 25.5 Å². The first-order valence-corrected chi connectivity index (χ1v) is 10.3. The maximum atomic E-state index is 11.1. The van der Waals surface area contributed by atoms with E-state index in [1.807, 2.05) is 11.9 Å². The fraction of sp³-hybridized carbons (Fsp3) is 0.714. The monoisotopic (exact) mass is 375 g/mol. The number of nitrogens with zero attached hydrogens (tertiary/aromatic N) is 2. The van der Waals surface area contributed by atoms with Gasteiger partial charge in [-0.3, -0.25) is 9.69 Å². The van der Waals surface area contributed by atoms with E-state index in [1.165, 1.54) is 12.0 Å². The third-order valence-electron chi connectivity index (χ3n) is 6.03. The highest BCUT2D eigenvalue weighted by atomic mass is 16.5. The molecule has 2 heterocycles. The van der Waals surface area contributed by atoms with Gasteiger partial charge in [0.05, 0.1) is 6.10 Å². The zero-order chi connectivity index (χ0) is 19.2. The molecule has 1 fully saturated rings. The lowest BCUT2D eigenvalue weighted by molar-refractivity contribution is -0.143. The molecule has 6 heteroatoms. The first-order chi connectivity index (χ1) is 13.0. The van der Waals surface area contributed by atoms with Gasteiger partial charge in [0, 0.05) is 24.9 Å². The molecule has 1 saturated carbocycles. The van der Waals surface area contributed by atoms with Gasteiger partial charge in [-0.05, 0) is 77.0 Å². The quantitative estimate of drug-likeness (QED) is 0.646. The maximum absolute atomic E-state index is 11.1. The van der Waals surface area contributed by atoms with Crippen LogP contribution in [0.2, 0.25) is 0 Å². The summed E-state index contributed by atoms with van der Waals surface area (Å²) in [5.74, 6) is 0.319. The van der Waals surface area contributed by atoms with Crippen LogP contribution >= 0.6 is 0 Å². The number of unbranched alkanes of at least 4 members (excludes halogenated alkanes) is 1. The molecule has 27 heavy (non-hydrogen) atoms. The second-order valence-electron chi connectivity index (χ2n) is 7.94. The molecule has 0 saturated heterocycles. The molecule has 0 spiro atoms. The van der Waals surface area contributed by atoms with E-state index in [0.717, 1.165) is 69.6 Å². The van der Waals surface area contributed by atoms with Gasteiger partial charge in [0.25, 0.3) is 0 Å². The number of pyridine rings is 1. The fourth-order valence-electron chi connectivity index (χ4n) is 4.10. The normalized spacial score (nSPS) is 23.1. The minimum atomic E-state index is -0.757. The molecular formula is C21H33N3O3. The lowest BCUT2D eigenvalue weighted by Gasteiger charge is -2.27. The van der Waals surface area contributed by atoms with Crippen LogP contribution in [0.1, 0.15) is 56.7 Å². The Morgan fingerprint density at radius 3 is 3.07 bits per heavy atom. The summed E-state index contributed by atoms with van der Waals surface area (Å²) in [6, 6.07) is 4.25. The van der Waals surface area contributed by atoms with Crippen molar-refractivity contribution < 1.29 is 14.6 Å². The minimum Gasteiger partial charge on any atom is -0.480 e. The highest BCUT2D eigenvalue weighted by Crippen LogP contribution is 2.27. The molecule has 2 N–H and O–H groups in total. The van der Waals surface area contributed by atoms with Gasteiger partial charge in [-0.2, -0.15) is 0 Å². The molecule has 0 aromatic carbocycles. The molecule has 2 aliphatic rings. The second kappa shape index (κ2) is 9.51. The number of likely N-dealkylation sites (N-methyl/N-ethyl adjacent to an activating group) is 1. The minimum absolute atomic E-state index is 0.268. The van der Waals surface area contributed by atoms with Crippen molar-refractivity contribution in [2.45, 2.75) is 76.5 Å². The number of aliphatic carboxylic acids is 1. The van der Waals surface area contributed by atoms with E-state index in [2.05, 4.69) is 17.4 Å². The topological polar surface area (TPSA) is 74.7 Å². The SMILES string of the molecule is CC(C(=O)O)N(C)[C@H]1CCC(OCCCCc2ccc3c(n2)NCCC3)C1. The molecule has 1 aliphatic heterocycles. The number of aryl methyl sites for hydroxylation is 2. The average molecular weight is 376 g/mol. The van der Waals surface area contributed by atoms with Crippen molar-refractivity contribution >= 4 is 11.8 Å². The number of anilines is 1. The summed E-state index contributed by atoms with van der Waals surface area (Å²) >= 11 is 0. The highest BCUT2D eigenvalue weighted by Gasteiger charge is 2.32. The number of carboxylic acid groups (broad SMARTS) is 1. The van der Waals surface area contributed by atoms with Crippen LogP contribution < -0.4 is 5.32 Å². The number of ether oxygens (including phenoxy) is 1. The van der Waals surface area contributed by atoms with Gasteiger partial charge in [0.15, 0.2) is 0 Å². The number of hydrogen-bond acceptors (Lipinski definition) is 5. The second-order valence-corrected chi connectivity index (χ2v) is 7.94. The zero-order valence-corrected chi connectivity index (χ0v) is 16.6. The van der Waals surface area contributed by atoms with Crippen molar-refractivity contribution in [1.29, 1.82) is 0 Å². The van der Waals surface area contributed by atoms with Crippen molar-refractivity contribution in [3.05, 3.63) is 23.4 Å². The van der Waals surface area contributed by atoms with Crippen molar-refractivity contribution in [2.24, 2.45) is 0 Å². The molecule has 3 atom stereocenters. The summed E-state index contributed by atoms with van der Waals surface area (Å²) in [6.07, 6.45) is 8.68. The van der Waals surface area contributed by atoms with E-state index in [0.29, 0.717) is 6.04 Å². The molecule has 1 aliphatic carbocycles. The van der Waals surface area contributed by atoms with Gasteiger partial charge in [-0.1, -0.05) is 6.07 Å². The average Bonchev–Trinajstić information content (AvgIpc) is 3.15. The third kappa shape index (κ3) is 5.42. The summed E-state index contributed by atoms with van der Waals surface area (Å²) in [6.45, 7) is 3.56. The number of carboxylic acids is 1. The predicted octanol–water partition coefficient (Wildman–Crippen LogP) is 3.11. The smallest absolute Gasteiger partial charge is 0.320 e. The third-order valence-corrected chi connectivity index (χ3v) is 6.03. The van der Waals surface area contributed by atoms with Crippen LogP contribution in [0.3, 0.4) is 0 Å². The Balaban J connectivity index is 1.32. The lowest BCUT2D eigenvalue weighted by atomic mass is 10.1. The number of aromatic nitrogens is 1. The van der Waals surface area contributed by atoms with Crippen LogP contribution in [0, 0.1) is 0 Å². The lowest BCUT2D eigenvalue weighted by Crippen LogP contribution is -2.42. The van der Waals surface area contributed by atoms with Gasteiger partial charge in [0.2, 0.25) is 0 Å². The van der Waals surface area contributed by atoms with Crippen molar-refractivity contribution in [3.63, 3.8) is 0 Å². The Bertz CT molecular complexity index is 637. The van der Waals surface area contributed by atoms with Crippen LogP contribution in [-0.4, -0.2) is 59.3 Å². The summed E-state index contributed by atoms with van der Waals surface area (Å²) in [7, 11) is 1.91. The molecule has 1 aromatic rings. The van der Waals surface area contributed by atoms with Gasteiger partial charge in [-0.15, -0.1) is 0 Å².